The van der Waals surface area contributed by atoms with Crippen molar-refractivity contribution in [2.75, 3.05) is 36.9 Å². The van der Waals surface area contributed by atoms with Crippen LogP contribution >= 0.6 is 15.9 Å². The van der Waals surface area contributed by atoms with Crippen molar-refractivity contribution in [3.05, 3.63) is 10.7 Å². The van der Waals surface area contributed by atoms with E-state index in [-0.39, 0.29) is 5.91 Å². The highest BCUT2D eigenvalue weighted by Crippen LogP contribution is 2.28. The van der Waals surface area contributed by atoms with E-state index in [0.717, 1.165) is 42.8 Å². The van der Waals surface area contributed by atoms with Crippen LogP contribution in [0.1, 0.15) is 19.8 Å². The van der Waals surface area contributed by atoms with Gasteiger partial charge in [-0.25, -0.2) is 4.98 Å². The summed E-state index contributed by atoms with van der Waals surface area (Å²) in [6, 6.07) is 0. The van der Waals surface area contributed by atoms with Gasteiger partial charge >= 0.3 is 0 Å². The van der Waals surface area contributed by atoms with Crippen LogP contribution in [0.3, 0.4) is 0 Å². The summed E-state index contributed by atoms with van der Waals surface area (Å²) in [5.74, 6) is 2.16. The smallest absolute Gasteiger partial charge is 0.224 e. The number of halogens is 1. The van der Waals surface area contributed by atoms with Gasteiger partial charge in [-0.05, 0) is 34.7 Å². The third-order valence-corrected chi connectivity index (χ3v) is 4.06. The minimum absolute atomic E-state index is 0.0460. The molecule has 1 aromatic rings. The fraction of sp³-hybridized carbons (Fsp3) is 0.615. The molecule has 1 fully saturated rings. The maximum atomic E-state index is 10.9. The Bertz CT molecular complexity index is 474. The van der Waals surface area contributed by atoms with Crippen molar-refractivity contribution >= 4 is 33.6 Å². The SMILES string of the molecule is CNc1ncc(Br)c(N2CCC(CNC(C)=O)CC2)n1. The zero-order valence-corrected chi connectivity index (χ0v) is 13.4. The van der Waals surface area contributed by atoms with Crippen molar-refractivity contribution in [2.24, 2.45) is 5.92 Å². The van der Waals surface area contributed by atoms with Crippen molar-refractivity contribution in [1.29, 1.82) is 0 Å². The van der Waals surface area contributed by atoms with Gasteiger partial charge in [0.15, 0.2) is 0 Å². The van der Waals surface area contributed by atoms with Crippen molar-refractivity contribution in [2.45, 2.75) is 19.8 Å². The summed E-state index contributed by atoms with van der Waals surface area (Å²) >= 11 is 3.51. The molecule has 0 radical (unpaired) electrons. The Morgan fingerprint density at radius 3 is 2.80 bits per heavy atom. The van der Waals surface area contributed by atoms with Gasteiger partial charge in [-0.2, -0.15) is 4.98 Å². The lowest BCUT2D eigenvalue weighted by Crippen LogP contribution is -2.38. The van der Waals surface area contributed by atoms with Crippen molar-refractivity contribution in [3.8, 4) is 0 Å². The monoisotopic (exact) mass is 341 g/mol. The molecule has 2 rings (SSSR count). The molecular weight excluding hydrogens is 322 g/mol. The second-order valence-corrected chi connectivity index (χ2v) is 5.84. The quantitative estimate of drug-likeness (QED) is 0.871. The number of carbonyl (C=O) groups is 1. The van der Waals surface area contributed by atoms with E-state index in [1.165, 1.54) is 0 Å². The van der Waals surface area contributed by atoms with E-state index in [4.69, 9.17) is 0 Å². The molecule has 1 aliphatic rings. The molecule has 1 aliphatic heterocycles. The standard InChI is InChI=1S/C13H20BrN5O/c1-9(20)16-7-10-3-5-19(6-4-10)12-11(14)8-17-13(15-2)18-12/h8,10H,3-7H2,1-2H3,(H,16,20)(H,15,17,18). The third-order valence-electron chi connectivity index (χ3n) is 3.50. The third kappa shape index (κ3) is 3.82. The summed E-state index contributed by atoms with van der Waals surface area (Å²) < 4.78 is 0.914. The first-order valence-electron chi connectivity index (χ1n) is 6.80. The number of carbonyl (C=O) groups excluding carboxylic acids is 1. The average Bonchev–Trinajstić information content (AvgIpc) is 2.46. The summed E-state index contributed by atoms with van der Waals surface area (Å²) in [6.45, 7) is 4.23. The summed E-state index contributed by atoms with van der Waals surface area (Å²) in [5.41, 5.74) is 0. The minimum Gasteiger partial charge on any atom is -0.357 e. The van der Waals surface area contributed by atoms with E-state index in [2.05, 4.69) is 41.4 Å². The Kier molecular flexibility index (Phi) is 5.17. The molecule has 1 amide bonds. The number of anilines is 2. The maximum absolute atomic E-state index is 10.9. The molecule has 0 aromatic carbocycles. The fourth-order valence-corrected chi connectivity index (χ4v) is 2.78. The topological polar surface area (TPSA) is 70.2 Å². The van der Waals surface area contributed by atoms with Crippen LogP contribution in [-0.4, -0.2) is 42.6 Å². The first-order chi connectivity index (χ1) is 9.60. The van der Waals surface area contributed by atoms with Gasteiger partial charge < -0.3 is 15.5 Å². The molecule has 6 nitrogen and oxygen atoms in total. The molecule has 2 heterocycles. The second kappa shape index (κ2) is 6.88. The normalized spacial score (nSPS) is 16.1. The molecule has 1 saturated heterocycles. The minimum atomic E-state index is 0.0460. The molecule has 2 N–H and O–H groups in total. The van der Waals surface area contributed by atoms with Crippen molar-refractivity contribution in [3.63, 3.8) is 0 Å². The van der Waals surface area contributed by atoms with E-state index < -0.39 is 0 Å². The van der Waals surface area contributed by atoms with Gasteiger partial charge in [-0.15, -0.1) is 0 Å². The van der Waals surface area contributed by atoms with Crippen LogP contribution in [0.5, 0.6) is 0 Å². The lowest BCUT2D eigenvalue weighted by atomic mass is 9.97. The highest BCUT2D eigenvalue weighted by Gasteiger charge is 2.22. The van der Waals surface area contributed by atoms with Gasteiger partial charge in [0.05, 0.1) is 4.47 Å². The van der Waals surface area contributed by atoms with Gasteiger partial charge in [-0.1, -0.05) is 0 Å². The highest BCUT2D eigenvalue weighted by molar-refractivity contribution is 9.10. The van der Waals surface area contributed by atoms with Gasteiger partial charge in [0.1, 0.15) is 5.82 Å². The molecule has 0 bridgehead atoms. The Morgan fingerprint density at radius 1 is 1.50 bits per heavy atom. The van der Waals surface area contributed by atoms with E-state index >= 15 is 0 Å². The van der Waals surface area contributed by atoms with Crippen LogP contribution in [-0.2, 0) is 4.79 Å². The van der Waals surface area contributed by atoms with Gasteiger partial charge in [-0.3, -0.25) is 4.79 Å². The summed E-state index contributed by atoms with van der Waals surface area (Å²) in [4.78, 5) is 21.9. The fourth-order valence-electron chi connectivity index (χ4n) is 2.34. The molecule has 110 valence electrons. The number of amides is 1. The molecule has 20 heavy (non-hydrogen) atoms. The second-order valence-electron chi connectivity index (χ2n) is 4.98. The predicted molar refractivity (Wildman–Crippen MR) is 82.9 cm³/mol. The van der Waals surface area contributed by atoms with Crippen molar-refractivity contribution in [1.82, 2.24) is 15.3 Å². The Balaban J connectivity index is 1.95. The summed E-state index contributed by atoms with van der Waals surface area (Å²) in [5, 5.41) is 5.86. The van der Waals surface area contributed by atoms with E-state index in [0.29, 0.717) is 11.9 Å². The Labute approximate surface area is 127 Å². The molecule has 0 saturated carbocycles. The van der Waals surface area contributed by atoms with Crippen LogP contribution in [0.15, 0.2) is 10.7 Å². The van der Waals surface area contributed by atoms with Crippen molar-refractivity contribution < 1.29 is 4.79 Å². The number of rotatable bonds is 4. The molecule has 0 atom stereocenters. The van der Waals surface area contributed by atoms with Crippen LogP contribution in [0.2, 0.25) is 0 Å². The lowest BCUT2D eigenvalue weighted by molar-refractivity contribution is -0.119. The molecule has 0 unspecified atom stereocenters. The summed E-state index contributed by atoms with van der Waals surface area (Å²) in [6.07, 6.45) is 3.90. The molecule has 1 aromatic heterocycles. The number of piperidine rings is 1. The van der Waals surface area contributed by atoms with Crippen LogP contribution in [0.4, 0.5) is 11.8 Å². The van der Waals surface area contributed by atoms with E-state index in [9.17, 15) is 4.79 Å². The number of nitrogens with zero attached hydrogens (tertiary/aromatic N) is 3. The maximum Gasteiger partial charge on any atom is 0.224 e. The summed E-state index contributed by atoms with van der Waals surface area (Å²) in [7, 11) is 1.81. The number of hydrogen-bond donors (Lipinski definition) is 2. The van der Waals surface area contributed by atoms with E-state index in [1.807, 2.05) is 7.05 Å². The Hall–Kier alpha value is -1.37. The first kappa shape index (κ1) is 15.0. The number of nitrogens with one attached hydrogen (secondary N) is 2. The van der Waals surface area contributed by atoms with E-state index in [1.54, 1.807) is 13.1 Å². The zero-order chi connectivity index (χ0) is 14.5. The van der Waals surface area contributed by atoms with Gasteiger partial charge in [0.25, 0.3) is 0 Å². The predicted octanol–water partition coefficient (Wildman–Crippen LogP) is 1.63. The average molecular weight is 342 g/mol. The highest BCUT2D eigenvalue weighted by atomic mass is 79.9. The molecule has 7 heteroatoms. The lowest BCUT2D eigenvalue weighted by Gasteiger charge is -2.33. The largest absolute Gasteiger partial charge is 0.357 e. The Morgan fingerprint density at radius 2 is 2.20 bits per heavy atom. The first-order valence-corrected chi connectivity index (χ1v) is 7.59. The van der Waals surface area contributed by atoms with Crippen LogP contribution < -0.4 is 15.5 Å². The molecular formula is C13H20BrN5O. The number of aromatic nitrogens is 2. The van der Waals surface area contributed by atoms with Crippen LogP contribution in [0.25, 0.3) is 0 Å². The van der Waals surface area contributed by atoms with Gasteiger partial charge in [0, 0.05) is 39.8 Å². The molecule has 0 aliphatic carbocycles. The van der Waals surface area contributed by atoms with Gasteiger partial charge in [0.2, 0.25) is 11.9 Å². The van der Waals surface area contributed by atoms with Crippen LogP contribution in [0, 0.1) is 5.92 Å². The number of hydrogen-bond acceptors (Lipinski definition) is 5. The molecule has 0 spiro atoms. The zero-order valence-electron chi connectivity index (χ0n) is 11.8.